The highest BCUT2D eigenvalue weighted by Gasteiger charge is 2.20. The van der Waals surface area contributed by atoms with Gasteiger partial charge in [-0.05, 0) is 26.0 Å². The molecular weight excluding hydrogens is 233 g/mol. The Morgan fingerprint density at radius 3 is 2.72 bits per heavy atom. The fraction of sp³-hybridized carbons (Fsp3) is 0.308. The van der Waals surface area contributed by atoms with E-state index in [4.69, 9.17) is 10.5 Å². The van der Waals surface area contributed by atoms with E-state index in [9.17, 15) is 4.39 Å². The molecule has 1 aromatic heterocycles. The van der Waals surface area contributed by atoms with Gasteiger partial charge in [0, 0.05) is 6.07 Å². The van der Waals surface area contributed by atoms with Gasteiger partial charge < -0.3 is 15.0 Å². The fourth-order valence-electron chi connectivity index (χ4n) is 1.78. The first-order valence-electron chi connectivity index (χ1n) is 5.59. The second-order valence-corrected chi connectivity index (χ2v) is 4.69. The van der Waals surface area contributed by atoms with Crippen molar-refractivity contribution < 1.29 is 9.13 Å². The Morgan fingerprint density at radius 2 is 2.11 bits per heavy atom. The monoisotopic (exact) mass is 249 g/mol. The molecular formula is C13H16FN3O. The van der Waals surface area contributed by atoms with Gasteiger partial charge in [-0.2, -0.15) is 0 Å². The minimum absolute atomic E-state index is 0.196. The van der Waals surface area contributed by atoms with Crippen LogP contribution in [0.1, 0.15) is 19.5 Å². The molecule has 1 heterocycles. The normalized spacial score (nSPS) is 11.6. The smallest absolute Gasteiger partial charge is 0.165 e. The maximum absolute atomic E-state index is 13.4. The summed E-state index contributed by atoms with van der Waals surface area (Å²) >= 11 is 0. The van der Waals surface area contributed by atoms with Gasteiger partial charge in [0.1, 0.15) is 0 Å². The van der Waals surface area contributed by atoms with Crippen molar-refractivity contribution in [3.8, 4) is 11.4 Å². The molecule has 0 spiro atoms. The average Bonchev–Trinajstić information content (AvgIpc) is 2.78. The highest BCUT2D eigenvalue weighted by Crippen LogP contribution is 2.25. The van der Waals surface area contributed by atoms with Crippen LogP contribution in [-0.2, 0) is 5.54 Å². The second-order valence-electron chi connectivity index (χ2n) is 4.69. The molecule has 0 atom stereocenters. The summed E-state index contributed by atoms with van der Waals surface area (Å²) in [5.41, 5.74) is 7.15. The lowest BCUT2D eigenvalue weighted by Gasteiger charge is -2.21. The van der Waals surface area contributed by atoms with Crippen LogP contribution in [0.15, 0.2) is 30.7 Å². The van der Waals surface area contributed by atoms with Gasteiger partial charge in [0.25, 0.3) is 0 Å². The third-order valence-electron chi connectivity index (χ3n) is 2.71. The van der Waals surface area contributed by atoms with Crippen molar-refractivity contribution in [2.45, 2.75) is 19.4 Å². The first-order valence-corrected chi connectivity index (χ1v) is 5.59. The molecule has 0 amide bonds. The highest BCUT2D eigenvalue weighted by molar-refractivity contribution is 5.42. The van der Waals surface area contributed by atoms with Gasteiger partial charge in [-0.25, -0.2) is 9.37 Å². The molecule has 0 aliphatic heterocycles. The van der Waals surface area contributed by atoms with Crippen molar-refractivity contribution in [3.63, 3.8) is 0 Å². The van der Waals surface area contributed by atoms with Crippen LogP contribution in [0.4, 0.5) is 4.39 Å². The first kappa shape index (κ1) is 12.6. The lowest BCUT2D eigenvalue weighted by molar-refractivity contribution is 0.386. The summed E-state index contributed by atoms with van der Waals surface area (Å²) in [6.45, 7) is 3.78. The molecule has 18 heavy (non-hydrogen) atoms. The summed E-state index contributed by atoms with van der Waals surface area (Å²) in [6, 6.07) is 4.64. The average molecular weight is 249 g/mol. The molecule has 2 rings (SSSR count). The van der Waals surface area contributed by atoms with Gasteiger partial charge in [-0.1, -0.05) is 0 Å². The molecule has 0 aliphatic rings. The largest absolute Gasteiger partial charge is 0.494 e. The molecule has 0 radical (unpaired) electrons. The van der Waals surface area contributed by atoms with Gasteiger partial charge in [0.15, 0.2) is 11.6 Å². The van der Waals surface area contributed by atoms with E-state index >= 15 is 0 Å². The van der Waals surface area contributed by atoms with E-state index < -0.39 is 11.4 Å². The number of rotatable bonds is 3. The van der Waals surface area contributed by atoms with Crippen LogP contribution in [0.25, 0.3) is 5.69 Å². The van der Waals surface area contributed by atoms with E-state index in [1.165, 1.54) is 13.2 Å². The lowest BCUT2D eigenvalue weighted by Crippen LogP contribution is -2.31. The van der Waals surface area contributed by atoms with Gasteiger partial charge in [0.05, 0.1) is 36.6 Å². The number of hydrogen-bond acceptors (Lipinski definition) is 3. The number of nitrogens with zero attached hydrogens (tertiary/aromatic N) is 2. The second kappa shape index (κ2) is 4.42. The third kappa shape index (κ3) is 2.22. The Labute approximate surface area is 105 Å². The standard InChI is InChI=1S/C13H16FN3O/c1-13(2,15)12-7-16-8-17(12)9-4-5-10(14)11(6-9)18-3/h4-8H,15H2,1-3H3. The Kier molecular flexibility index (Phi) is 3.09. The van der Waals surface area contributed by atoms with Crippen molar-refractivity contribution in [3.05, 3.63) is 42.2 Å². The van der Waals surface area contributed by atoms with Crippen molar-refractivity contribution >= 4 is 0 Å². The van der Waals surface area contributed by atoms with Crippen LogP contribution in [0, 0.1) is 5.82 Å². The van der Waals surface area contributed by atoms with Crippen LogP contribution in [-0.4, -0.2) is 16.7 Å². The molecule has 2 aromatic rings. The van der Waals surface area contributed by atoms with Crippen LogP contribution < -0.4 is 10.5 Å². The van der Waals surface area contributed by atoms with E-state index in [-0.39, 0.29) is 5.75 Å². The molecule has 0 aliphatic carbocycles. The lowest BCUT2D eigenvalue weighted by atomic mass is 10.0. The Hall–Kier alpha value is -1.88. The van der Waals surface area contributed by atoms with E-state index in [2.05, 4.69) is 4.98 Å². The number of aromatic nitrogens is 2. The van der Waals surface area contributed by atoms with Crippen LogP contribution in [0.3, 0.4) is 0 Å². The van der Waals surface area contributed by atoms with Crippen LogP contribution >= 0.6 is 0 Å². The highest BCUT2D eigenvalue weighted by atomic mass is 19.1. The number of hydrogen-bond donors (Lipinski definition) is 1. The van der Waals surface area contributed by atoms with Gasteiger partial charge in [0.2, 0.25) is 0 Å². The fourth-order valence-corrected chi connectivity index (χ4v) is 1.78. The van der Waals surface area contributed by atoms with E-state index in [0.29, 0.717) is 0 Å². The quantitative estimate of drug-likeness (QED) is 0.907. The summed E-state index contributed by atoms with van der Waals surface area (Å²) in [6.07, 6.45) is 3.35. The Balaban J connectivity index is 2.53. The van der Waals surface area contributed by atoms with Crippen molar-refractivity contribution in [1.29, 1.82) is 0 Å². The molecule has 5 heteroatoms. The first-order chi connectivity index (χ1) is 8.43. The molecule has 96 valence electrons. The molecule has 0 fully saturated rings. The van der Waals surface area contributed by atoms with Crippen LogP contribution in [0.2, 0.25) is 0 Å². The number of methoxy groups -OCH3 is 1. The summed E-state index contributed by atoms with van der Waals surface area (Å²) in [4.78, 5) is 4.09. The topological polar surface area (TPSA) is 53.1 Å². The molecule has 0 saturated carbocycles. The summed E-state index contributed by atoms with van der Waals surface area (Å²) in [5, 5.41) is 0. The Morgan fingerprint density at radius 1 is 1.39 bits per heavy atom. The van der Waals surface area contributed by atoms with Crippen molar-refractivity contribution in [2.75, 3.05) is 7.11 Å². The van der Waals surface area contributed by atoms with E-state index in [0.717, 1.165) is 11.4 Å². The SMILES string of the molecule is COc1cc(-n2cncc2C(C)(C)N)ccc1F. The van der Waals surface area contributed by atoms with Crippen LogP contribution in [0.5, 0.6) is 5.75 Å². The van der Waals surface area contributed by atoms with Crippen molar-refractivity contribution in [2.24, 2.45) is 5.73 Å². The van der Waals surface area contributed by atoms with Crippen molar-refractivity contribution in [1.82, 2.24) is 9.55 Å². The maximum atomic E-state index is 13.4. The number of halogens is 1. The minimum atomic E-state index is -0.530. The number of imidazole rings is 1. The number of ether oxygens (including phenoxy) is 1. The summed E-state index contributed by atoms with van der Waals surface area (Å²) < 4.78 is 20.2. The summed E-state index contributed by atoms with van der Waals surface area (Å²) in [7, 11) is 1.43. The zero-order valence-corrected chi connectivity index (χ0v) is 10.6. The molecule has 4 nitrogen and oxygen atoms in total. The zero-order chi connectivity index (χ0) is 13.3. The predicted molar refractivity (Wildman–Crippen MR) is 67.3 cm³/mol. The molecule has 2 N–H and O–H groups in total. The maximum Gasteiger partial charge on any atom is 0.165 e. The van der Waals surface area contributed by atoms with Gasteiger partial charge in [-0.3, -0.25) is 0 Å². The number of benzene rings is 1. The molecule has 0 saturated heterocycles. The van der Waals surface area contributed by atoms with Gasteiger partial charge >= 0.3 is 0 Å². The molecule has 1 aromatic carbocycles. The zero-order valence-electron chi connectivity index (χ0n) is 10.6. The Bertz CT molecular complexity index is 558. The molecule has 0 bridgehead atoms. The number of nitrogens with two attached hydrogens (primary N) is 1. The third-order valence-corrected chi connectivity index (χ3v) is 2.71. The van der Waals surface area contributed by atoms with Gasteiger partial charge in [-0.15, -0.1) is 0 Å². The predicted octanol–water partition coefficient (Wildman–Crippen LogP) is 2.21. The van der Waals surface area contributed by atoms with E-state index in [1.807, 2.05) is 18.4 Å². The minimum Gasteiger partial charge on any atom is -0.494 e. The molecule has 0 unspecified atom stereocenters. The van der Waals surface area contributed by atoms with E-state index in [1.54, 1.807) is 24.7 Å². The summed E-state index contributed by atoms with van der Waals surface area (Å²) in [5.74, 6) is -0.197.